The molecule has 2 heteroatoms. The second-order valence-electron chi connectivity index (χ2n) is 4.22. The van der Waals surface area contributed by atoms with Crippen molar-refractivity contribution in [3.63, 3.8) is 0 Å². The van der Waals surface area contributed by atoms with Crippen LogP contribution in [0, 0.1) is 5.92 Å². The number of nitrogens with zero attached hydrogens (tertiary/aromatic N) is 2. The summed E-state index contributed by atoms with van der Waals surface area (Å²) in [7, 11) is 2.13. The summed E-state index contributed by atoms with van der Waals surface area (Å²) >= 11 is 0. The molecule has 2 atom stereocenters. The second kappa shape index (κ2) is 3.46. The molecule has 0 aliphatic carbocycles. The lowest BCUT2D eigenvalue weighted by atomic mass is 9.99. The Morgan fingerprint density at radius 1 is 1.50 bits per heavy atom. The predicted molar refractivity (Wildman–Crippen MR) is 53.6 cm³/mol. The SMILES string of the molecule is CC1=NC(CC(C)C)[C@H](C)N1C. The molecule has 0 aromatic heterocycles. The standard InChI is InChI=1S/C10H20N2/c1-7(2)6-10-8(3)12(5)9(4)11-10/h7-8,10H,6H2,1-5H3/t8-,10?/m0/s1. The molecule has 2 nitrogen and oxygen atoms in total. The van der Waals surface area contributed by atoms with Gasteiger partial charge in [0, 0.05) is 13.1 Å². The van der Waals surface area contributed by atoms with Crippen LogP contribution in [0.5, 0.6) is 0 Å². The first-order chi connectivity index (χ1) is 5.52. The molecule has 0 aromatic rings. The third-order valence-corrected chi connectivity index (χ3v) is 2.74. The molecule has 1 rings (SSSR count). The zero-order valence-electron chi connectivity index (χ0n) is 8.83. The minimum Gasteiger partial charge on any atom is -0.359 e. The van der Waals surface area contributed by atoms with Crippen molar-refractivity contribution in [1.82, 2.24) is 4.90 Å². The molecular weight excluding hydrogens is 148 g/mol. The highest BCUT2D eigenvalue weighted by Gasteiger charge is 2.27. The fraction of sp³-hybridized carbons (Fsp3) is 0.900. The number of likely N-dealkylation sites (N-methyl/N-ethyl adjacent to an activating group) is 1. The zero-order valence-corrected chi connectivity index (χ0v) is 8.83. The lowest BCUT2D eigenvalue weighted by Gasteiger charge is -2.22. The average Bonchev–Trinajstić information content (AvgIpc) is 2.17. The van der Waals surface area contributed by atoms with Crippen LogP contribution in [0.15, 0.2) is 4.99 Å². The molecular formula is C10H20N2. The van der Waals surface area contributed by atoms with Crippen molar-refractivity contribution in [2.45, 2.75) is 46.2 Å². The second-order valence-corrected chi connectivity index (χ2v) is 4.22. The number of hydrogen-bond donors (Lipinski definition) is 0. The molecule has 0 N–H and O–H groups in total. The third kappa shape index (κ3) is 1.79. The smallest absolute Gasteiger partial charge is 0.0962 e. The first-order valence-electron chi connectivity index (χ1n) is 4.79. The summed E-state index contributed by atoms with van der Waals surface area (Å²) in [4.78, 5) is 6.90. The van der Waals surface area contributed by atoms with Crippen LogP contribution in [-0.2, 0) is 0 Å². The highest BCUT2D eigenvalue weighted by molar-refractivity contribution is 5.81. The molecule has 0 amide bonds. The Bertz CT molecular complexity index is 184. The molecule has 70 valence electrons. The summed E-state index contributed by atoms with van der Waals surface area (Å²) in [6, 6.07) is 1.11. The number of aliphatic imine (C=N–C) groups is 1. The van der Waals surface area contributed by atoms with Crippen molar-refractivity contribution in [3.05, 3.63) is 0 Å². The van der Waals surface area contributed by atoms with E-state index >= 15 is 0 Å². The molecule has 12 heavy (non-hydrogen) atoms. The average molecular weight is 168 g/mol. The number of hydrogen-bond acceptors (Lipinski definition) is 2. The molecule has 0 bridgehead atoms. The molecule has 0 fully saturated rings. The van der Waals surface area contributed by atoms with Crippen LogP contribution in [0.3, 0.4) is 0 Å². The minimum atomic E-state index is 0.523. The lowest BCUT2D eigenvalue weighted by Crippen LogP contribution is -2.33. The van der Waals surface area contributed by atoms with Gasteiger partial charge in [-0.2, -0.15) is 0 Å². The van der Waals surface area contributed by atoms with Crippen molar-refractivity contribution in [2.24, 2.45) is 10.9 Å². The van der Waals surface area contributed by atoms with E-state index in [1.807, 2.05) is 0 Å². The van der Waals surface area contributed by atoms with Crippen LogP contribution in [0.1, 0.15) is 34.1 Å². The van der Waals surface area contributed by atoms with Gasteiger partial charge < -0.3 is 4.90 Å². The predicted octanol–water partition coefficient (Wildman–Crippen LogP) is 2.15. The highest BCUT2D eigenvalue weighted by atomic mass is 15.3. The van der Waals surface area contributed by atoms with Gasteiger partial charge in [-0.1, -0.05) is 13.8 Å². The lowest BCUT2D eigenvalue weighted by molar-refractivity contribution is 0.341. The van der Waals surface area contributed by atoms with E-state index in [4.69, 9.17) is 0 Å². The Labute approximate surface area is 75.7 Å². The van der Waals surface area contributed by atoms with Gasteiger partial charge in [0.05, 0.1) is 11.9 Å². The summed E-state index contributed by atoms with van der Waals surface area (Å²) in [5, 5.41) is 0. The van der Waals surface area contributed by atoms with E-state index in [-0.39, 0.29) is 0 Å². The van der Waals surface area contributed by atoms with Crippen molar-refractivity contribution >= 4 is 5.84 Å². The summed E-state index contributed by atoms with van der Waals surface area (Å²) < 4.78 is 0. The van der Waals surface area contributed by atoms with Crippen molar-refractivity contribution in [1.29, 1.82) is 0 Å². The molecule has 1 aliphatic heterocycles. The maximum atomic E-state index is 4.63. The van der Waals surface area contributed by atoms with Crippen molar-refractivity contribution in [2.75, 3.05) is 7.05 Å². The third-order valence-electron chi connectivity index (χ3n) is 2.74. The van der Waals surface area contributed by atoms with Crippen LogP contribution < -0.4 is 0 Å². The monoisotopic (exact) mass is 168 g/mol. The van der Waals surface area contributed by atoms with E-state index in [0.717, 1.165) is 5.92 Å². The van der Waals surface area contributed by atoms with Gasteiger partial charge in [0.15, 0.2) is 0 Å². The Kier molecular flexibility index (Phi) is 2.76. The number of rotatable bonds is 2. The van der Waals surface area contributed by atoms with E-state index in [9.17, 15) is 0 Å². The maximum absolute atomic E-state index is 4.63. The van der Waals surface area contributed by atoms with Gasteiger partial charge in [0.1, 0.15) is 0 Å². The van der Waals surface area contributed by atoms with E-state index in [1.54, 1.807) is 0 Å². The topological polar surface area (TPSA) is 15.6 Å². The normalized spacial score (nSPS) is 29.8. The molecule has 0 saturated carbocycles. The molecule has 1 heterocycles. The van der Waals surface area contributed by atoms with E-state index in [2.05, 4.69) is 44.6 Å². The maximum Gasteiger partial charge on any atom is 0.0962 e. The molecule has 0 spiro atoms. The Morgan fingerprint density at radius 3 is 2.42 bits per heavy atom. The quantitative estimate of drug-likeness (QED) is 0.617. The van der Waals surface area contributed by atoms with E-state index in [1.165, 1.54) is 12.3 Å². The molecule has 1 aliphatic rings. The van der Waals surface area contributed by atoms with E-state index in [0.29, 0.717) is 12.1 Å². The Hall–Kier alpha value is -0.530. The van der Waals surface area contributed by atoms with Gasteiger partial charge in [-0.3, -0.25) is 4.99 Å². The summed E-state index contributed by atoms with van der Waals surface area (Å²) in [6.45, 7) is 8.87. The minimum absolute atomic E-state index is 0.523. The zero-order chi connectivity index (χ0) is 9.30. The number of amidine groups is 1. The van der Waals surface area contributed by atoms with Gasteiger partial charge in [0.2, 0.25) is 0 Å². The highest BCUT2D eigenvalue weighted by Crippen LogP contribution is 2.21. The molecule has 0 saturated heterocycles. The molecule has 1 unspecified atom stereocenters. The van der Waals surface area contributed by atoms with E-state index < -0.39 is 0 Å². The van der Waals surface area contributed by atoms with Gasteiger partial charge in [-0.15, -0.1) is 0 Å². The molecule has 0 radical (unpaired) electrons. The van der Waals surface area contributed by atoms with Gasteiger partial charge in [-0.05, 0) is 26.2 Å². The van der Waals surface area contributed by atoms with Gasteiger partial charge in [-0.25, -0.2) is 0 Å². The van der Waals surface area contributed by atoms with Crippen molar-refractivity contribution < 1.29 is 0 Å². The Morgan fingerprint density at radius 2 is 2.08 bits per heavy atom. The fourth-order valence-electron chi connectivity index (χ4n) is 1.72. The fourth-order valence-corrected chi connectivity index (χ4v) is 1.72. The first-order valence-corrected chi connectivity index (χ1v) is 4.79. The van der Waals surface area contributed by atoms with Crippen molar-refractivity contribution in [3.8, 4) is 0 Å². The van der Waals surface area contributed by atoms with Gasteiger partial charge >= 0.3 is 0 Å². The van der Waals surface area contributed by atoms with Crippen LogP contribution in [-0.4, -0.2) is 29.9 Å². The summed E-state index contributed by atoms with van der Waals surface area (Å²) in [6.07, 6.45) is 1.21. The van der Waals surface area contributed by atoms with Crippen LogP contribution in [0.25, 0.3) is 0 Å². The molecule has 0 aromatic carbocycles. The van der Waals surface area contributed by atoms with Crippen LogP contribution in [0.4, 0.5) is 0 Å². The van der Waals surface area contributed by atoms with Crippen LogP contribution in [0.2, 0.25) is 0 Å². The van der Waals surface area contributed by atoms with Crippen LogP contribution >= 0.6 is 0 Å². The summed E-state index contributed by atoms with van der Waals surface area (Å²) in [5.74, 6) is 1.94. The summed E-state index contributed by atoms with van der Waals surface area (Å²) in [5.41, 5.74) is 0. The Balaban J connectivity index is 2.57. The largest absolute Gasteiger partial charge is 0.359 e. The van der Waals surface area contributed by atoms with Gasteiger partial charge in [0.25, 0.3) is 0 Å². The first kappa shape index (κ1) is 9.56.